The molecule has 368 valence electrons. The monoisotopic (exact) mass is 897 g/mol. The first-order chi connectivity index (χ1) is 30.0. The van der Waals surface area contributed by atoms with Crippen LogP contribution in [0.5, 0.6) is 0 Å². The predicted molar refractivity (Wildman–Crippen MR) is 265 cm³/mol. The smallest absolute Gasteiger partial charge is 0.268 e. The van der Waals surface area contributed by atoms with Gasteiger partial charge in [0.05, 0.1) is 39.9 Å². The van der Waals surface area contributed by atoms with Crippen LogP contribution in [-0.4, -0.2) is 68.5 Å². The number of amides is 1. The second-order valence-electron chi connectivity index (χ2n) is 19.6. The van der Waals surface area contributed by atoms with Crippen molar-refractivity contribution >= 4 is 13.7 Å². The van der Waals surface area contributed by atoms with Crippen molar-refractivity contribution in [3.05, 3.63) is 24.3 Å². The number of allylic oxidation sites excluding steroid dienone is 4. The molecule has 0 saturated heterocycles. The number of nitrogens with one attached hydrogen (secondary N) is 1. The summed E-state index contributed by atoms with van der Waals surface area (Å²) in [6.07, 6.45) is 54.8. The number of aliphatic hydroxyl groups is 1. The lowest BCUT2D eigenvalue weighted by Gasteiger charge is -2.30. The number of unbranched alkanes of at least 4 members (excludes halogenated alkanes) is 32. The van der Waals surface area contributed by atoms with Gasteiger partial charge >= 0.3 is 0 Å². The third-order valence-electron chi connectivity index (χ3n) is 12.2. The first-order valence-electron chi connectivity index (χ1n) is 26.7. The summed E-state index contributed by atoms with van der Waals surface area (Å²) in [5, 5.41) is 14.0. The number of hydrogen-bond donors (Lipinski definition) is 2. The Hall–Kier alpha value is -1.02. The molecule has 0 aromatic rings. The molecule has 0 heterocycles. The molecule has 2 N–H and O–H groups in total. The Kier molecular flexibility index (Phi) is 44.4. The van der Waals surface area contributed by atoms with Crippen LogP contribution >= 0.6 is 7.82 Å². The minimum atomic E-state index is -4.58. The van der Waals surface area contributed by atoms with Crippen molar-refractivity contribution in [2.75, 3.05) is 40.9 Å². The maximum Gasteiger partial charge on any atom is 0.268 e. The molecule has 0 spiro atoms. The molecular formula is C53H105N2O6P. The molecule has 0 aliphatic heterocycles. The molecule has 0 rings (SSSR count). The summed E-state index contributed by atoms with van der Waals surface area (Å²) in [6.45, 7) is 4.72. The van der Waals surface area contributed by atoms with Gasteiger partial charge in [0.1, 0.15) is 13.2 Å². The molecule has 0 saturated carbocycles. The summed E-state index contributed by atoms with van der Waals surface area (Å²) in [4.78, 5) is 25.5. The van der Waals surface area contributed by atoms with Crippen LogP contribution in [0.4, 0.5) is 0 Å². The lowest BCUT2D eigenvalue weighted by molar-refractivity contribution is -0.870. The Labute approximate surface area is 385 Å². The number of aliphatic hydroxyl groups excluding tert-OH is 1. The lowest BCUT2D eigenvalue weighted by Crippen LogP contribution is -2.46. The maximum atomic E-state index is 12.9. The van der Waals surface area contributed by atoms with E-state index in [2.05, 4.69) is 43.5 Å². The van der Waals surface area contributed by atoms with E-state index < -0.39 is 20.0 Å². The van der Waals surface area contributed by atoms with E-state index in [1.165, 1.54) is 186 Å². The minimum Gasteiger partial charge on any atom is -0.756 e. The molecular weight excluding hydrogens is 792 g/mol. The van der Waals surface area contributed by atoms with Gasteiger partial charge < -0.3 is 28.8 Å². The standard InChI is InChI=1S/C53H105N2O6P/c1-6-8-10-12-14-16-18-20-22-24-25-26-27-28-29-31-33-35-37-39-41-43-45-47-53(57)54-51(50-61-62(58,59)60-49-48-55(3,4)5)52(56)46-44-42-40-38-36-34-32-30-23-21-19-17-15-13-11-9-7-2/h20,22,36,38,51-52,56H,6-19,21,23-35,37,39-50H2,1-5H3,(H-,54,57,58,59)/b22-20+,38-36+/t51-,52+/m0/s1. The van der Waals surface area contributed by atoms with E-state index in [4.69, 9.17) is 9.05 Å². The predicted octanol–water partition coefficient (Wildman–Crippen LogP) is 15.0. The molecule has 3 atom stereocenters. The minimum absolute atomic E-state index is 0.00842. The zero-order chi connectivity index (χ0) is 45.7. The van der Waals surface area contributed by atoms with E-state index in [0.717, 1.165) is 44.9 Å². The molecule has 9 heteroatoms. The van der Waals surface area contributed by atoms with Crippen molar-refractivity contribution in [2.24, 2.45) is 0 Å². The Morgan fingerprint density at radius 1 is 0.548 bits per heavy atom. The van der Waals surface area contributed by atoms with E-state index >= 15 is 0 Å². The van der Waals surface area contributed by atoms with Crippen LogP contribution in [0.3, 0.4) is 0 Å². The van der Waals surface area contributed by atoms with Gasteiger partial charge in [0, 0.05) is 6.42 Å². The van der Waals surface area contributed by atoms with Gasteiger partial charge in [0.2, 0.25) is 5.91 Å². The van der Waals surface area contributed by atoms with E-state index in [9.17, 15) is 19.4 Å². The summed E-state index contributed by atoms with van der Waals surface area (Å²) in [6, 6.07) is -0.815. The molecule has 0 aliphatic carbocycles. The molecule has 0 radical (unpaired) electrons. The SMILES string of the molecule is CCCCCCCC/C=C/CCCCCCCCCCCCCCCC(=O)N[C@@H](COP(=O)([O-])OCC[N+](C)(C)C)[C@H](O)CCCC/C=C/CCCCCCCCCCCCC. The number of nitrogens with zero attached hydrogens (tertiary/aromatic N) is 1. The fourth-order valence-corrected chi connectivity index (χ4v) is 8.64. The molecule has 62 heavy (non-hydrogen) atoms. The highest BCUT2D eigenvalue weighted by Crippen LogP contribution is 2.38. The third kappa shape index (κ3) is 47.0. The van der Waals surface area contributed by atoms with E-state index in [0.29, 0.717) is 23.9 Å². The van der Waals surface area contributed by atoms with Crippen molar-refractivity contribution in [3.8, 4) is 0 Å². The van der Waals surface area contributed by atoms with Crippen molar-refractivity contribution in [1.29, 1.82) is 0 Å². The Morgan fingerprint density at radius 3 is 1.26 bits per heavy atom. The van der Waals surface area contributed by atoms with Crippen molar-refractivity contribution in [1.82, 2.24) is 5.32 Å². The van der Waals surface area contributed by atoms with Crippen LogP contribution in [0.25, 0.3) is 0 Å². The number of hydrogen-bond acceptors (Lipinski definition) is 6. The van der Waals surface area contributed by atoms with Gasteiger partial charge in [-0.15, -0.1) is 0 Å². The average molecular weight is 897 g/mol. The Morgan fingerprint density at radius 2 is 0.887 bits per heavy atom. The molecule has 1 amide bonds. The van der Waals surface area contributed by atoms with Crippen molar-refractivity contribution in [2.45, 2.75) is 270 Å². The molecule has 0 aromatic heterocycles. The summed E-state index contributed by atoms with van der Waals surface area (Å²) >= 11 is 0. The van der Waals surface area contributed by atoms with Crippen LogP contribution in [0.1, 0.15) is 258 Å². The van der Waals surface area contributed by atoms with Gasteiger partial charge in [-0.05, 0) is 64.2 Å². The summed E-state index contributed by atoms with van der Waals surface area (Å²) in [7, 11) is 1.30. The highest BCUT2D eigenvalue weighted by molar-refractivity contribution is 7.45. The molecule has 0 fully saturated rings. The number of carbonyl (C=O) groups is 1. The summed E-state index contributed by atoms with van der Waals surface area (Å²) in [5.74, 6) is -0.172. The maximum absolute atomic E-state index is 12.9. The van der Waals surface area contributed by atoms with E-state index in [-0.39, 0.29) is 19.1 Å². The summed E-state index contributed by atoms with van der Waals surface area (Å²) < 4.78 is 23.4. The first-order valence-corrected chi connectivity index (χ1v) is 28.1. The number of phosphoric ester groups is 1. The lowest BCUT2D eigenvalue weighted by atomic mass is 10.0. The van der Waals surface area contributed by atoms with Crippen LogP contribution in [-0.2, 0) is 18.4 Å². The molecule has 8 nitrogen and oxygen atoms in total. The normalized spacial score (nSPS) is 14.2. The topological polar surface area (TPSA) is 108 Å². The van der Waals surface area contributed by atoms with Crippen LogP contribution in [0, 0.1) is 0 Å². The zero-order valence-electron chi connectivity index (χ0n) is 41.8. The number of carbonyl (C=O) groups excluding carboxylic acids is 1. The average Bonchev–Trinajstić information content (AvgIpc) is 3.23. The second-order valence-corrected chi connectivity index (χ2v) is 21.0. The number of quaternary nitrogens is 1. The van der Waals surface area contributed by atoms with Gasteiger partial charge in [-0.3, -0.25) is 9.36 Å². The van der Waals surface area contributed by atoms with Gasteiger partial charge in [0.25, 0.3) is 7.82 Å². The van der Waals surface area contributed by atoms with E-state index in [1.807, 2.05) is 21.1 Å². The molecule has 0 bridgehead atoms. The van der Waals surface area contributed by atoms with Gasteiger partial charge in [-0.2, -0.15) is 0 Å². The molecule has 0 aromatic carbocycles. The van der Waals surface area contributed by atoms with Crippen LogP contribution in [0.15, 0.2) is 24.3 Å². The third-order valence-corrected chi connectivity index (χ3v) is 13.1. The van der Waals surface area contributed by atoms with Crippen molar-refractivity contribution in [3.63, 3.8) is 0 Å². The number of likely N-dealkylation sites (N-methyl/N-ethyl adjacent to an activating group) is 1. The summed E-state index contributed by atoms with van der Waals surface area (Å²) in [5.41, 5.74) is 0. The van der Waals surface area contributed by atoms with Crippen molar-refractivity contribution < 1.29 is 32.9 Å². The quantitative estimate of drug-likeness (QED) is 0.0273. The largest absolute Gasteiger partial charge is 0.756 e. The highest BCUT2D eigenvalue weighted by atomic mass is 31.2. The zero-order valence-corrected chi connectivity index (χ0v) is 42.7. The Bertz CT molecular complexity index is 1060. The number of rotatable bonds is 49. The first kappa shape index (κ1) is 61.0. The Balaban J connectivity index is 4.22. The van der Waals surface area contributed by atoms with Crippen LogP contribution < -0.4 is 10.2 Å². The van der Waals surface area contributed by atoms with Gasteiger partial charge in [-0.1, -0.05) is 212 Å². The fraction of sp³-hybridized carbons (Fsp3) is 0.906. The highest BCUT2D eigenvalue weighted by Gasteiger charge is 2.24. The fourth-order valence-electron chi connectivity index (χ4n) is 7.91. The van der Waals surface area contributed by atoms with Crippen LogP contribution in [0.2, 0.25) is 0 Å². The molecule has 1 unspecified atom stereocenters. The molecule has 0 aliphatic rings. The van der Waals surface area contributed by atoms with Gasteiger partial charge in [0.15, 0.2) is 0 Å². The second kappa shape index (κ2) is 45.1. The van der Waals surface area contributed by atoms with Gasteiger partial charge in [-0.25, -0.2) is 0 Å². The van der Waals surface area contributed by atoms with E-state index in [1.54, 1.807) is 0 Å². The number of phosphoric acid groups is 1.